The summed E-state index contributed by atoms with van der Waals surface area (Å²) in [7, 11) is 0. The minimum Gasteiger partial charge on any atom is -0.508 e. The second-order valence-corrected chi connectivity index (χ2v) is 6.55. The molecular weight excluding hydrogens is 258 g/mol. The smallest absolute Gasteiger partial charge is 0.120 e. The van der Waals surface area contributed by atoms with Crippen LogP contribution in [-0.4, -0.2) is 11.7 Å². The Balaban J connectivity index is 1.66. The Morgan fingerprint density at radius 3 is 2.86 bits per heavy atom. The fourth-order valence-electron chi connectivity index (χ4n) is 3.66. The van der Waals surface area contributed by atoms with Crippen LogP contribution in [0.25, 0.3) is 10.8 Å². The highest BCUT2D eigenvalue weighted by Gasteiger charge is 2.18. The van der Waals surface area contributed by atoms with Crippen LogP contribution in [0.4, 0.5) is 0 Å². The Kier molecular flexibility index (Phi) is 4.45. The molecule has 0 radical (unpaired) electrons. The van der Waals surface area contributed by atoms with E-state index in [9.17, 15) is 5.11 Å². The molecule has 2 N–H and O–H groups in total. The van der Waals surface area contributed by atoms with Gasteiger partial charge in [0, 0.05) is 12.1 Å². The SMILES string of the molecule is CC1CCCC(CNCc2c(O)ccc3ccccc23)C1. The highest BCUT2D eigenvalue weighted by molar-refractivity contribution is 5.87. The third kappa shape index (κ3) is 3.38. The van der Waals surface area contributed by atoms with Crippen molar-refractivity contribution in [3.8, 4) is 5.75 Å². The van der Waals surface area contributed by atoms with E-state index in [1.807, 2.05) is 24.3 Å². The van der Waals surface area contributed by atoms with Crippen molar-refractivity contribution in [3.05, 3.63) is 42.0 Å². The van der Waals surface area contributed by atoms with Crippen LogP contribution in [0.5, 0.6) is 5.75 Å². The van der Waals surface area contributed by atoms with Crippen molar-refractivity contribution >= 4 is 10.8 Å². The molecular formula is C19H25NO. The first-order valence-electron chi connectivity index (χ1n) is 8.14. The van der Waals surface area contributed by atoms with Crippen molar-refractivity contribution in [3.63, 3.8) is 0 Å². The predicted molar refractivity (Wildman–Crippen MR) is 88.4 cm³/mol. The largest absolute Gasteiger partial charge is 0.508 e. The van der Waals surface area contributed by atoms with Crippen LogP contribution in [0.1, 0.15) is 38.2 Å². The van der Waals surface area contributed by atoms with Crippen LogP contribution in [0.3, 0.4) is 0 Å². The molecule has 21 heavy (non-hydrogen) atoms. The van der Waals surface area contributed by atoms with E-state index in [4.69, 9.17) is 0 Å². The van der Waals surface area contributed by atoms with Crippen molar-refractivity contribution < 1.29 is 5.11 Å². The van der Waals surface area contributed by atoms with Gasteiger partial charge in [-0.1, -0.05) is 50.1 Å². The molecule has 2 heteroatoms. The molecule has 112 valence electrons. The highest BCUT2D eigenvalue weighted by atomic mass is 16.3. The van der Waals surface area contributed by atoms with E-state index in [1.165, 1.54) is 31.1 Å². The van der Waals surface area contributed by atoms with Crippen molar-refractivity contribution in [2.75, 3.05) is 6.54 Å². The second kappa shape index (κ2) is 6.48. The first-order valence-corrected chi connectivity index (χ1v) is 8.14. The molecule has 2 unspecified atom stereocenters. The van der Waals surface area contributed by atoms with E-state index in [1.54, 1.807) is 0 Å². The fourth-order valence-corrected chi connectivity index (χ4v) is 3.66. The summed E-state index contributed by atoms with van der Waals surface area (Å²) in [6, 6.07) is 12.1. The lowest BCUT2D eigenvalue weighted by atomic mass is 9.82. The minimum absolute atomic E-state index is 0.401. The average molecular weight is 283 g/mol. The van der Waals surface area contributed by atoms with Crippen molar-refractivity contribution in [1.29, 1.82) is 0 Å². The number of hydrogen-bond acceptors (Lipinski definition) is 2. The van der Waals surface area contributed by atoms with Crippen LogP contribution in [0.2, 0.25) is 0 Å². The van der Waals surface area contributed by atoms with Gasteiger partial charge < -0.3 is 10.4 Å². The van der Waals surface area contributed by atoms with Gasteiger partial charge in [0.1, 0.15) is 5.75 Å². The number of hydrogen-bond donors (Lipinski definition) is 2. The Morgan fingerprint density at radius 1 is 1.14 bits per heavy atom. The Hall–Kier alpha value is -1.54. The van der Waals surface area contributed by atoms with Crippen LogP contribution in [0.15, 0.2) is 36.4 Å². The van der Waals surface area contributed by atoms with Gasteiger partial charge in [0.05, 0.1) is 0 Å². The summed E-state index contributed by atoms with van der Waals surface area (Å²) in [6.07, 6.45) is 5.45. The molecule has 1 aliphatic rings. The molecule has 0 aromatic heterocycles. The van der Waals surface area contributed by atoms with E-state index in [2.05, 4.69) is 24.4 Å². The number of rotatable bonds is 4. The molecule has 2 aromatic rings. The number of aromatic hydroxyl groups is 1. The van der Waals surface area contributed by atoms with Crippen LogP contribution in [-0.2, 0) is 6.54 Å². The van der Waals surface area contributed by atoms with Gasteiger partial charge in [-0.3, -0.25) is 0 Å². The van der Waals surface area contributed by atoms with Crippen molar-refractivity contribution in [2.24, 2.45) is 11.8 Å². The standard InChI is InChI=1S/C19H25NO/c1-14-5-4-6-15(11-14)12-20-13-18-17-8-3-2-7-16(17)9-10-19(18)21/h2-3,7-10,14-15,20-21H,4-6,11-13H2,1H3. The normalized spacial score (nSPS) is 22.5. The van der Waals surface area contributed by atoms with Crippen LogP contribution < -0.4 is 5.32 Å². The van der Waals surface area contributed by atoms with Crippen molar-refractivity contribution in [1.82, 2.24) is 5.32 Å². The maximum Gasteiger partial charge on any atom is 0.120 e. The first-order chi connectivity index (χ1) is 10.2. The maximum atomic E-state index is 10.1. The van der Waals surface area contributed by atoms with Crippen LogP contribution in [0, 0.1) is 11.8 Å². The number of phenols is 1. The van der Waals surface area contributed by atoms with Gasteiger partial charge in [-0.05, 0) is 48.1 Å². The molecule has 2 atom stereocenters. The zero-order valence-electron chi connectivity index (χ0n) is 12.8. The Labute approximate surface area is 127 Å². The fraction of sp³-hybridized carbons (Fsp3) is 0.474. The molecule has 1 fully saturated rings. The highest BCUT2D eigenvalue weighted by Crippen LogP contribution is 2.29. The lowest BCUT2D eigenvalue weighted by Crippen LogP contribution is -2.26. The molecule has 1 aliphatic carbocycles. The predicted octanol–water partition coefficient (Wildman–Crippen LogP) is 4.46. The molecule has 3 rings (SSSR count). The lowest BCUT2D eigenvalue weighted by molar-refractivity contribution is 0.274. The second-order valence-electron chi connectivity index (χ2n) is 6.55. The molecule has 1 saturated carbocycles. The summed E-state index contributed by atoms with van der Waals surface area (Å²) in [5.41, 5.74) is 1.02. The van der Waals surface area contributed by atoms with Crippen LogP contribution >= 0.6 is 0 Å². The molecule has 0 saturated heterocycles. The number of nitrogens with one attached hydrogen (secondary N) is 1. The molecule has 0 amide bonds. The lowest BCUT2D eigenvalue weighted by Gasteiger charge is -2.27. The summed E-state index contributed by atoms with van der Waals surface area (Å²) in [6.45, 7) is 4.17. The maximum absolute atomic E-state index is 10.1. The van der Waals surface area contributed by atoms with E-state index in [0.717, 1.165) is 35.9 Å². The topological polar surface area (TPSA) is 32.3 Å². The summed E-state index contributed by atoms with van der Waals surface area (Å²) < 4.78 is 0. The first kappa shape index (κ1) is 14.4. The minimum atomic E-state index is 0.401. The summed E-state index contributed by atoms with van der Waals surface area (Å²) in [5.74, 6) is 2.07. The van der Waals surface area contributed by atoms with Gasteiger partial charge in [0.15, 0.2) is 0 Å². The quantitative estimate of drug-likeness (QED) is 0.868. The number of phenolic OH excluding ortho intramolecular Hbond substituents is 1. The van der Waals surface area contributed by atoms with Gasteiger partial charge in [0.25, 0.3) is 0 Å². The van der Waals surface area contributed by atoms with E-state index >= 15 is 0 Å². The average Bonchev–Trinajstić information content (AvgIpc) is 2.50. The summed E-state index contributed by atoms with van der Waals surface area (Å²) >= 11 is 0. The van der Waals surface area contributed by atoms with E-state index in [-0.39, 0.29) is 0 Å². The summed E-state index contributed by atoms with van der Waals surface area (Å²) in [4.78, 5) is 0. The third-order valence-electron chi connectivity index (χ3n) is 4.80. The van der Waals surface area contributed by atoms with Gasteiger partial charge >= 0.3 is 0 Å². The Morgan fingerprint density at radius 2 is 2.00 bits per heavy atom. The van der Waals surface area contributed by atoms with Gasteiger partial charge in [-0.25, -0.2) is 0 Å². The van der Waals surface area contributed by atoms with Gasteiger partial charge in [-0.15, -0.1) is 0 Å². The van der Waals surface area contributed by atoms with Gasteiger partial charge in [0.2, 0.25) is 0 Å². The van der Waals surface area contributed by atoms with E-state index < -0.39 is 0 Å². The monoisotopic (exact) mass is 283 g/mol. The zero-order chi connectivity index (χ0) is 14.7. The van der Waals surface area contributed by atoms with E-state index in [0.29, 0.717) is 5.75 Å². The number of benzene rings is 2. The summed E-state index contributed by atoms with van der Waals surface area (Å²) in [5, 5.41) is 16.1. The zero-order valence-corrected chi connectivity index (χ0v) is 12.8. The molecule has 0 aliphatic heterocycles. The molecule has 0 heterocycles. The number of fused-ring (bicyclic) bond motifs is 1. The molecule has 2 nitrogen and oxygen atoms in total. The van der Waals surface area contributed by atoms with Gasteiger partial charge in [-0.2, -0.15) is 0 Å². The molecule has 0 bridgehead atoms. The molecule has 2 aromatic carbocycles. The third-order valence-corrected chi connectivity index (χ3v) is 4.80. The molecule has 0 spiro atoms. The van der Waals surface area contributed by atoms with Crippen molar-refractivity contribution in [2.45, 2.75) is 39.2 Å². The Bertz CT molecular complexity index is 608.